The monoisotopic (exact) mass is 800 g/mol. The van der Waals surface area contributed by atoms with E-state index >= 15 is 0 Å². The van der Waals surface area contributed by atoms with Gasteiger partial charge in [0, 0.05) is 22.3 Å². The lowest BCUT2D eigenvalue weighted by Gasteiger charge is -2.30. The molecular weight excluding hydrogens is 763 g/mol. The van der Waals surface area contributed by atoms with Gasteiger partial charge in [-0.25, -0.2) is 9.98 Å². The highest BCUT2D eigenvalue weighted by Crippen LogP contribution is 2.65. The fourth-order valence-corrected chi connectivity index (χ4v) is 11.4. The number of aliphatic imine (C=N–C) groups is 2. The van der Waals surface area contributed by atoms with Gasteiger partial charge in [0.25, 0.3) is 0 Å². The smallest absolute Gasteiger partial charge is 0.497 e. The van der Waals surface area contributed by atoms with E-state index in [1.54, 1.807) is 0 Å². The molecule has 8 nitrogen and oxygen atoms in total. The third kappa shape index (κ3) is 6.14. The van der Waals surface area contributed by atoms with Crippen molar-refractivity contribution < 1.29 is 31.7 Å². The summed E-state index contributed by atoms with van der Waals surface area (Å²) in [6.45, 7) is -0.591. The molecule has 0 saturated heterocycles. The summed E-state index contributed by atoms with van der Waals surface area (Å²) in [7, 11) is -3.76. The number of hydrogen-bond donors (Lipinski definition) is 2. The van der Waals surface area contributed by atoms with E-state index in [4.69, 9.17) is 19.0 Å². The van der Waals surface area contributed by atoms with Crippen molar-refractivity contribution in [3.63, 3.8) is 0 Å². The molecule has 0 amide bonds. The summed E-state index contributed by atoms with van der Waals surface area (Å²) in [5.74, 6) is 0. The second kappa shape index (κ2) is 15.8. The van der Waals surface area contributed by atoms with Crippen LogP contribution in [0.4, 0.5) is 0 Å². The maximum atomic E-state index is 10.7. The van der Waals surface area contributed by atoms with Crippen molar-refractivity contribution in [1.82, 2.24) is 8.68 Å². The molecule has 0 radical (unpaired) electrons. The van der Waals surface area contributed by atoms with Crippen LogP contribution in [0, 0.1) is 0 Å². The van der Waals surface area contributed by atoms with E-state index in [0.717, 1.165) is 89.4 Å². The quantitative estimate of drug-likeness (QED) is 0.202. The van der Waals surface area contributed by atoms with Gasteiger partial charge in [0.1, 0.15) is 13.2 Å². The lowest BCUT2D eigenvalue weighted by atomic mass is 10.0. The zero-order chi connectivity index (χ0) is 38.3. The minimum Gasteiger partial charge on any atom is -1.00 e. The van der Waals surface area contributed by atoms with Crippen LogP contribution in [0.5, 0.6) is 0 Å². The van der Waals surface area contributed by atoms with Gasteiger partial charge in [-0.3, -0.25) is 0 Å². The van der Waals surface area contributed by atoms with Crippen LogP contribution in [0.2, 0.25) is 0 Å². The van der Waals surface area contributed by atoms with E-state index < -0.39 is 8.02 Å². The SMILES string of the molecule is OCCO[P+]1(OCCO)n2c3ccc2C(c2ccccc2)=C2C=CC(=N2)C(c2ccccc2)=c2ccc(n21)=C(c1ccccc1)C1=NC(=C3c2ccccc2)C=C1.[Cl-]. The minimum atomic E-state index is -3.76. The molecule has 2 N–H and O–H groups in total. The van der Waals surface area contributed by atoms with Crippen LogP contribution in [-0.2, 0) is 9.05 Å². The molecule has 0 atom stereocenters. The molecule has 0 saturated carbocycles. The highest BCUT2D eigenvalue weighted by atomic mass is 35.5. The first-order valence-electron chi connectivity index (χ1n) is 19.0. The second-order valence-corrected chi connectivity index (χ2v) is 16.1. The molecule has 4 aliphatic rings. The molecule has 10 rings (SSSR count). The first-order valence-corrected chi connectivity index (χ1v) is 20.6. The Kier molecular flexibility index (Phi) is 10.2. The van der Waals surface area contributed by atoms with Gasteiger partial charge in [0.15, 0.2) is 0 Å². The number of halogens is 1. The van der Waals surface area contributed by atoms with E-state index in [2.05, 4.69) is 106 Å². The van der Waals surface area contributed by atoms with E-state index in [1.807, 2.05) is 72.8 Å². The zero-order valence-electron chi connectivity index (χ0n) is 31.3. The Morgan fingerprint density at radius 3 is 1.16 bits per heavy atom. The van der Waals surface area contributed by atoms with E-state index in [9.17, 15) is 10.2 Å². The molecule has 4 aliphatic heterocycles. The van der Waals surface area contributed by atoms with Crippen molar-refractivity contribution in [3.8, 4) is 0 Å². The lowest BCUT2D eigenvalue weighted by molar-refractivity contribution is -0.0000141. The molecule has 6 heterocycles. The number of hydrogen-bond acceptors (Lipinski definition) is 6. The van der Waals surface area contributed by atoms with Crippen LogP contribution in [-0.4, -0.2) is 56.7 Å². The van der Waals surface area contributed by atoms with Crippen molar-refractivity contribution in [1.29, 1.82) is 0 Å². The highest BCUT2D eigenvalue weighted by molar-refractivity contribution is 7.63. The first kappa shape index (κ1) is 37.6. The second-order valence-electron chi connectivity index (χ2n) is 13.8. The Morgan fingerprint density at radius 2 is 0.793 bits per heavy atom. The summed E-state index contributed by atoms with van der Waals surface area (Å²) in [5.41, 5.74) is 12.2. The van der Waals surface area contributed by atoms with Gasteiger partial charge in [-0.2, -0.15) is 9.05 Å². The van der Waals surface area contributed by atoms with E-state index in [1.165, 1.54) is 0 Å². The Bertz CT molecular complexity index is 2670. The summed E-state index contributed by atoms with van der Waals surface area (Å²) in [6.07, 6.45) is 8.36. The Labute approximate surface area is 342 Å². The zero-order valence-corrected chi connectivity index (χ0v) is 33.0. The van der Waals surface area contributed by atoms with Gasteiger partial charge < -0.3 is 22.6 Å². The normalized spacial score (nSPS) is 16.0. The molecule has 0 fully saturated rings. The average molecular weight is 801 g/mol. The van der Waals surface area contributed by atoms with Gasteiger partial charge in [-0.1, -0.05) is 121 Å². The Morgan fingerprint density at radius 1 is 0.431 bits per heavy atom. The molecule has 10 heteroatoms. The molecule has 6 bridgehead atoms. The fraction of sp³-hybridized carbons (Fsp3) is 0.0833. The van der Waals surface area contributed by atoms with Gasteiger partial charge in [-0.15, -0.1) is 8.68 Å². The molecule has 0 aliphatic carbocycles. The number of allylic oxidation sites excluding steroid dienone is 4. The van der Waals surface area contributed by atoms with Crippen LogP contribution >= 0.6 is 8.02 Å². The Balaban J connectivity index is 0.00000436. The minimum absolute atomic E-state index is 0. The van der Waals surface area contributed by atoms with Crippen molar-refractivity contribution in [2.75, 3.05) is 26.4 Å². The van der Waals surface area contributed by atoms with E-state index in [-0.39, 0.29) is 38.8 Å². The summed E-state index contributed by atoms with van der Waals surface area (Å²) < 4.78 is 18.9. The van der Waals surface area contributed by atoms with Crippen molar-refractivity contribution in [3.05, 3.63) is 226 Å². The van der Waals surface area contributed by atoms with Gasteiger partial charge >= 0.3 is 8.02 Å². The third-order valence-electron chi connectivity index (χ3n) is 10.5. The predicted octanol–water partition coefficient (Wildman–Crippen LogP) is 4.35. The number of aliphatic hydroxyl groups excluding tert-OH is 2. The molecule has 6 aromatic rings. The largest absolute Gasteiger partial charge is 1.00 e. The number of aliphatic hydroxyl groups is 2. The number of rotatable bonds is 10. The summed E-state index contributed by atoms with van der Waals surface area (Å²) in [4.78, 5) is 10.9. The maximum Gasteiger partial charge on any atom is 0.497 e. The van der Waals surface area contributed by atoms with Crippen LogP contribution in [0.15, 0.2) is 191 Å². The van der Waals surface area contributed by atoms with Crippen molar-refractivity contribution in [2.45, 2.75) is 0 Å². The fourth-order valence-electron chi connectivity index (χ4n) is 8.24. The first-order chi connectivity index (χ1) is 28.2. The predicted molar refractivity (Wildman–Crippen MR) is 228 cm³/mol. The number of nitrogens with zero attached hydrogens (tertiary/aromatic N) is 4. The van der Waals surface area contributed by atoms with Gasteiger partial charge in [0.2, 0.25) is 0 Å². The molecule has 58 heavy (non-hydrogen) atoms. The standard InChI is InChI=1S/C48H38N4O4P.ClH/c53-29-31-55-57(56-32-30-54)51-41-25-26-42(51)47(35-17-9-3-10-18-35)39-23-24-40(50-39)48(36-19-11-4-12-20-36)44-28-27-43(52(44)57)46(34-15-7-2-8-16-34)38-22-21-37(49-38)45(41)33-13-5-1-6-14-33;/h1-28,53-54H,29-32H2;1H/q+1;/p-1. The molecule has 0 spiro atoms. The molecule has 4 aromatic carbocycles. The lowest BCUT2D eigenvalue weighted by Crippen LogP contribution is -3.00. The van der Waals surface area contributed by atoms with Crippen molar-refractivity contribution >= 4 is 41.7 Å². The molecular formula is C48H38ClN4O4P. The number of benzene rings is 4. The van der Waals surface area contributed by atoms with Crippen molar-refractivity contribution in [2.24, 2.45) is 9.98 Å². The van der Waals surface area contributed by atoms with Crippen LogP contribution in [0.25, 0.3) is 22.3 Å². The van der Waals surface area contributed by atoms with Gasteiger partial charge in [-0.05, 0) is 70.8 Å². The average Bonchev–Trinajstić information content (AvgIpc) is 4.10. The molecule has 286 valence electrons. The molecule has 0 unspecified atom stereocenters. The highest BCUT2D eigenvalue weighted by Gasteiger charge is 2.55. The number of aromatic nitrogens is 2. The maximum absolute atomic E-state index is 10.7. The van der Waals surface area contributed by atoms with Gasteiger partial charge in [0.05, 0.1) is 58.1 Å². The van der Waals surface area contributed by atoms with Crippen LogP contribution in [0.3, 0.4) is 0 Å². The van der Waals surface area contributed by atoms with E-state index in [0.29, 0.717) is 0 Å². The topological polar surface area (TPSA) is 93.5 Å². The third-order valence-corrected chi connectivity index (χ3v) is 13.4. The summed E-state index contributed by atoms with van der Waals surface area (Å²) >= 11 is 0. The summed E-state index contributed by atoms with van der Waals surface area (Å²) in [6, 6.07) is 49.6. The molecule has 2 aromatic heterocycles. The van der Waals surface area contributed by atoms with Crippen LogP contribution in [0.1, 0.15) is 33.6 Å². The summed E-state index contributed by atoms with van der Waals surface area (Å²) in [5, 5.41) is 22.9. The number of fused-ring (bicyclic) bond motifs is 2. The van der Waals surface area contributed by atoms with Crippen LogP contribution < -0.4 is 23.1 Å². The Hall–Kier alpha value is -5.96.